The molecule has 7 rings (SSSR count). The molecule has 0 atom stereocenters. The molecular weight excluding hydrogens is 779 g/mol. The molecule has 0 saturated carbocycles. The molecule has 0 unspecified atom stereocenters. The van der Waals surface area contributed by atoms with Crippen LogP contribution in [-0.2, 0) is 19.7 Å². The molecule has 0 N–H and O–H groups in total. The number of aliphatic imine (C=N–C) groups is 2. The Balaban J connectivity index is 1.61. The summed E-state index contributed by atoms with van der Waals surface area (Å²) in [6.07, 6.45) is 1.46. The van der Waals surface area contributed by atoms with E-state index in [1.54, 1.807) is 146 Å². The van der Waals surface area contributed by atoms with Crippen molar-refractivity contribution < 1.29 is 16.8 Å². The van der Waals surface area contributed by atoms with Crippen molar-refractivity contribution in [2.45, 2.75) is 9.79 Å². The second kappa shape index (κ2) is 16.6. The van der Waals surface area contributed by atoms with E-state index in [-0.39, 0.29) is 36.0 Å². The molecule has 0 aliphatic heterocycles. The number of hydrogen-bond donors (Lipinski definition) is 0. The smallest absolute Gasteiger partial charge is 0.241 e. The molecular formula is C43H31N5O4S4. The Morgan fingerprint density at radius 1 is 0.554 bits per heavy atom. The van der Waals surface area contributed by atoms with Gasteiger partial charge in [0.05, 0.1) is 15.5 Å². The molecule has 0 aliphatic rings. The average Bonchev–Trinajstić information content (AvgIpc) is 3.24. The van der Waals surface area contributed by atoms with E-state index in [9.17, 15) is 16.8 Å². The average molecular weight is 810 g/mol. The molecule has 1 aromatic heterocycles. The fraction of sp³-hybridized carbons (Fsp3) is 0. The summed E-state index contributed by atoms with van der Waals surface area (Å²) in [6.45, 7) is 0. The van der Waals surface area contributed by atoms with Crippen molar-refractivity contribution in [1.29, 1.82) is 0 Å². The van der Waals surface area contributed by atoms with Crippen LogP contribution in [0.3, 0.4) is 0 Å². The maximum Gasteiger partial charge on any atom is 0.241 e. The van der Waals surface area contributed by atoms with Crippen molar-refractivity contribution in [3.8, 4) is 11.4 Å². The van der Waals surface area contributed by atoms with E-state index in [2.05, 4.69) is 0 Å². The fourth-order valence-corrected chi connectivity index (χ4v) is 9.00. The molecule has 13 heteroatoms. The first-order valence-electron chi connectivity index (χ1n) is 17.1. The standard InChI is InChI=1S/C43H31N5O4S4/c49-55(50,36-27-15-5-16-28-36)38(31-32-19-7-1-8-20-32)45-39(33-21-9-2-10-22-33)47-41(53)46-40(34-23-11-3-12-24-34)48(43(47)54)42(44-35-25-13-4-14-26-35)56(51,52)37-29-17-6-18-30-37/h1-31H/b38-31+,44-42?,45-39-. The summed E-state index contributed by atoms with van der Waals surface area (Å²) in [5, 5.41) is -0.779. The molecule has 6 aromatic carbocycles. The van der Waals surface area contributed by atoms with Crippen LogP contribution < -0.4 is 0 Å². The van der Waals surface area contributed by atoms with Crippen molar-refractivity contribution >= 4 is 66.9 Å². The number of hydrogen-bond acceptors (Lipinski definition) is 9. The van der Waals surface area contributed by atoms with Crippen LogP contribution >= 0.6 is 24.4 Å². The van der Waals surface area contributed by atoms with E-state index in [1.165, 1.54) is 39.5 Å². The Morgan fingerprint density at radius 2 is 1.02 bits per heavy atom. The van der Waals surface area contributed by atoms with Gasteiger partial charge in [0.25, 0.3) is 0 Å². The number of benzene rings is 6. The van der Waals surface area contributed by atoms with Crippen molar-refractivity contribution in [3.05, 3.63) is 208 Å². The third-order valence-corrected chi connectivity index (χ3v) is 12.3. The van der Waals surface area contributed by atoms with Crippen molar-refractivity contribution in [3.63, 3.8) is 0 Å². The summed E-state index contributed by atoms with van der Waals surface area (Å²) in [4.78, 5) is 14.4. The van der Waals surface area contributed by atoms with Crippen LogP contribution in [0.4, 0.5) is 5.69 Å². The van der Waals surface area contributed by atoms with Gasteiger partial charge in [-0.25, -0.2) is 40.9 Å². The first-order valence-corrected chi connectivity index (χ1v) is 20.9. The Morgan fingerprint density at radius 3 is 1.57 bits per heavy atom. The Hall–Kier alpha value is -6.25. The van der Waals surface area contributed by atoms with E-state index in [1.807, 2.05) is 12.1 Å². The van der Waals surface area contributed by atoms with Crippen LogP contribution in [0, 0.1) is 9.54 Å². The van der Waals surface area contributed by atoms with Gasteiger partial charge in [-0.1, -0.05) is 146 Å². The predicted octanol–water partition coefficient (Wildman–Crippen LogP) is 9.59. The number of rotatable bonds is 8. The maximum atomic E-state index is 14.8. The minimum atomic E-state index is -4.44. The molecule has 0 aliphatic carbocycles. The van der Waals surface area contributed by atoms with Crippen molar-refractivity contribution in [2.75, 3.05) is 0 Å². The van der Waals surface area contributed by atoms with Gasteiger partial charge in [0.1, 0.15) is 5.84 Å². The van der Waals surface area contributed by atoms with Gasteiger partial charge in [0, 0.05) is 11.1 Å². The molecule has 1 heterocycles. The first-order chi connectivity index (χ1) is 27.1. The van der Waals surface area contributed by atoms with Gasteiger partial charge in [-0.3, -0.25) is 0 Å². The van der Waals surface area contributed by atoms with Gasteiger partial charge in [-0.05, 0) is 72.5 Å². The SMILES string of the molecule is O=S(=O)(C(=Nc1ccccc1)n1c(-c2ccccc2)nc(=S)n(/C(=N\C(=C/c2ccccc2)S(=O)(=O)c2ccccc2)c2ccccc2)c1=S)c1ccccc1. The number of para-hydroxylation sites is 1. The van der Waals surface area contributed by atoms with Gasteiger partial charge in [-0.2, -0.15) is 0 Å². The highest BCUT2D eigenvalue weighted by molar-refractivity contribution is 8.06. The number of nitrogens with zero attached hydrogens (tertiary/aromatic N) is 5. The summed E-state index contributed by atoms with van der Waals surface area (Å²) < 4.78 is 60.8. The van der Waals surface area contributed by atoms with E-state index in [0.717, 1.165) is 0 Å². The minimum Gasteiger partial charge on any atom is -0.244 e. The Labute approximate surface area is 334 Å². The Bertz CT molecular complexity index is 2940. The van der Waals surface area contributed by atoms with E-state index < -0.39 is 24.8 Å². The quantitative estimate of drug-likeness (QED) is 0.0853. The van der Waals surface area contributed by atoms with E-state index >= 15 is 0 Å². The van der Waals surface area contributed by atoms with Crippen LogP contribution in [0.2, 0.25) is 0 Å². The fourth-order valence-electron chi connectivity index (χ4n) is 5.66. The molecule has 9 nitrogen and oxygen atoms in total. The molecule has 0 amide bonds. The van der Waals surface area contributed by atoms with Crippen molar-refractivity contribution in [2.24, 2.45) is 9.98 Å². The molecule has 0 bridgehead atoms. The molecule has 56 heavy (non-hydrogen) atoms. The minimum absolute atomic E-state index is 0.0133. The summed E-state index contributed by atoms with van der Waals surface area (Å²) >= 11 is 12.2. The van der Waals surface area contributed by atoms with Gasteiger partial charge >= 0.3 is 0 Å². The maximum absolute atomic E-state index is 14.8. The lowest BCUT2D eigenvalue weighted by Crippen LogP contribution is -2.31. The highest BCUT2D eigenvalue weighted by atomic mass is 32.2. The van der Waals surface area contributed by atoms with Crippen LogP contribution in [0.5, 0.6) is 0 Å². The van der Waals surface area contributed by atoms with E-state index in [4.69, 9.17) is 39.4 Å². The van der Waals surface area contributed by atoms with Crippen LogP contribution in [0.25, 0.3) is 17.5 Å². The summed E-state index contributed by atoms with van der Waals surface area (Å²) in [5.74, 6) is 0.0785. The normalized spacial score (nSPS) is 12.7. The van der Waals surface area contributed by atoms with Crippen molar-refractivity contribution in [1.82, 2.24) is 14.1 Å². The molecule has 0 spiro atoms. The van der Waals surface area contributed by atoms with Crippen LogP contribution in [0.1, 0.15) is 11.1 Å². The van der Waals surface area contributed by atoms with Gasteiger partial charge < -0.3 is 0 Å². The topological polar surface area (TPSA) is 116 Å². The molecule has 0 fully saturated rings. The summed E-state index contributed by atoms with van der Waals surface area (Å²) in [6, 6.07) is 51.0. The van der Waals surface area contributed by atoms with Crippen LogP contribution in [-0.4, -0.2) is 42.0 Å². The van der Waals surface area contributed by atoms with E-state index in [0.29, 0.717) is 22.4 Å². The lowest BCUT2D eigenvalue weighted by molar-refractivity contribution is 0.601. The molecule has 0 radical (unpaired) electrons. The first kappa shape index (κ1) is 38.0. The highest BCUT2D eigenvalue weighted by Crippen LogP contribution is 2.27. The zero-order chi connectivity index (χ0) is 39.1. The third-order valence-electron chi connectivity index (χ3n) is 8.36. The highest BCUT2D eigenvalue weighted by Gasteiger charge is 2.30. The number of aromatic nitrogens is 3. The Kier molecular flexibility index (Phi) is 11.3. The largest absolute Gasteiger partial charge is 0.244 e. The summed E-state index contributed by atoms with van der Waals surface area (Å²) in [7, 11) is -8.70. The molecule has 276 valence electrons. The van der Waals surface area contributed by atoms with Gasteiger partial charge in [0.15, 0.2) is 15.6 Å². The monoisotopic (exact) mass is 809 g/mol. The lowest BCUT2D eigenvalue weighted by atomic mass is 10.2. The lowest BCUT2D eigenvalue weighted by Gasteiger charge is -2.20. The zero-order valence-electron chi connectivity index (χ0n) is 29.4. The third kappa shape index (κ3) is 8.07. The second-order valence-electron chi connectivity index (χ2n) is 12.1. The second-order valence-corrected chi connectivity index (χ2v) is 16.6. The number of sulfone groups is 2. The van der Waals surface area contributed by atoms with Gasteiger partial charge in [0.2, 0.25) is 29.6 Å². The van der Waals surface area contributed by atoms with Gasteiger partial charge in [-0.15, -0.1) is 0 Å². The predicted molar refractivity (Wildman–Crippen MR) is 226 cm³/mol. The summed E-state index contributed by atoms with van der Waals surface area (Å²) in [5.41, 5.74) is 1.82. The molecule has 7 aromatic rings. The molecule has 0 saturated heterocycles. The zero-order valence-corrected chi connectivity index (χ0v) is 32.7. The van der Waals surface area contributed by atoms with Crippen LogP contribution in [0.15, 0.2) is 207 Å².